The van der Waals surface area contributed by atoms with Crippen molar-refractivity contribution in [3.63, 3.8) is 0 Å². The predicted molar refractivity (Wildman–Crippen MR) is 62.3 cm³/mol. The molecular formula is C13H14N2. The van der Waals surface area contributed by atoms with Gasteiger partial charge in [0, 0.05) is 17.8 Å². The number of nitrogens with two attached hydrogens (primary N) is 1. The van der Waals surface area contributed by atoms with E-state index < -0.39 is 0 Å². The van der Waals surface area contributed by atoms with Crippen LogP contribution in [0, 0.1) is 6.92 Å². The van der Waals surface area contributed by atoms with Gasteiger partial charge < -0.3 is 5.73 Å². The highest BCUT2D eigenvalue weighted by atomic mass is 14.7. The molecule has 0 aliphatic rings. The van der Waals surface area contributed by atoms with Gasteiger partial charge in [-0.25, -0.2) is 0 Å². The van der Waals surface area contributed by atoms with Crippen LogP contribution in [0.2, 0.25) is 0 Å². The number of aryl methyl sites for hydroxylation is 1. The lowest BCUT2D eigenvalue weighted by Crippen LogP contribution is -2.01. The molecule has 0 unspecified atom stereocenters. The first-order valence-electron chi connectivity index (χ1n) is 5.03. The van der Waals surface area contributed by atoms with Crippen LogP contribution >= 0.6 is 0 Å². The quantitative estimate of drug-likeness (QED) is 0.805. The molecule has 0 aliphatic heterocycles. The fourth-order valence-corrected chi connectivity index (χ4v) is 1.60. The molecule has 0 amide bonds. The van der Waals surface area contributed by atoms with Crippen molar-refractivity contribution >= 4 is 0 Å². The third-order valence-electron chi connectivity index (χ3n) is 2.39. The number of hydrogen-bond donors (Lipinski definition) is 1. The number of nitrogens with zero attached hydrogens (tertiary/aromatic N) is 1. The summed E-state index contributed by atoms with van der Waals surface area (Å²) < 4.78 is 0. The monoisotopic (exact) mass is 198 g/mol. The Balaban J connectivity index is 2.56. The second-order valence-corrected chi connectivity index (χ2v) is 3.53. The predicted octanol–water partition coefficient (Wildman–Crippen LogP) is 2.52. The fourth-order valence-electron chi connectivity index (χ4n) is 1.60. The lowest BCUT2D eigenvalue weighted by molar-refractivity contribution is 1.04. The SMILES string of the molecule is Cc1ccc(CN)c(-c2ccccc2)n1. The number of pyridine rings is 1. The summed E-state index contributed by atoms with van der Waals surface area (Å²) in [4.78, 5) is 4.53. The van der Waals surface area contributed by atoms with E-state index in [0.29, 0.717) is 6.54 Å². The largest absolute Gasteiger partial charge is 0.326 e. The molecule has 15 heavy (non-hydrogen) atoms. The Morgan fingerprint density at radius 2 is 1.80 bits per heavy atom. The standard InChI is InChI=1S/C13H14N2/c1-10-7-8-12(9-14)13(15-10)11-5-3-2-4-6-11/h2-8H,9,14H2,1H3. The Kier molecular flexibility index (Phi) is 2.79. The average molecular weight is 198 g/mol. The van der Waals surface area contributed by atoms with Gasteiger partial charge in [0.15, 0.2) is 0 Å². The van der Waals surface area contributed by atoms with Gasteiger partial charge in [-0.3, -0.25) is 4.98 Å². The second kappa shape index (κ2) is 4.24. The lowest BCUT2D eigenvalue weighted by Gasteiger charge is -2.07. The minimum atomic E-state index is 0.525. The topological polar surface area (TPSA) is 38.9 Å². The molecule has 0 radical (unpaired) electrons. The van der Waals surface area contributed by atoms with Crippen LogP contribution in [0.4, 0.5) is 0 Å². The third-order valence-corrected chi connectivity index (χ3v) is 2.39. The highest BCUT2D eigenvalue weighted by molar-refractivity contribution is 5.63. The summed E-state index contributed by atoms with van der Waals surface area (Å²) in [7, 11) is 0. The van der Waals surface area contributed by atoms with Crippen molar-refractivity contribution in [3.05, 3.63) is 53.7 Å². The number of rotatable bonds is 2. The van der Waals surface area contributed by atoms with Gasteiger partial charge in [0.25, 0.3) is 0 Å². The number of aromatic nitrogens is 1. The smallest absolute Gasteiger partial charge is 0.0749 e. The first-order chi connectivity index (χ1) is 7.31. The zero-order valence-electron chi connectivity index (χ0n) is 8.77. The van der Waals surface area contributed by atoms with Crippen molar-refractivity contribution < 1.29 is 0 Å². The summed E-state index contributed by atoms with van der Waals surface area (Å²) in [5.41, 5.74) is 9.93. The molecule has 0 bridgehead atoms. The Labute approximate surface area is 89.8 Å². The van der Waals surface area contributed by atoms with Crippen LogP contribution in [-0.2, 0) is 6.54 Å². The molecule has 2 N–H and O–H groups in total. The van der Waals surface area contributed by atoms with E-state index in [1.165, 1.54) is 0 Å². The maximum absolute atomic E-state index is 5.70. The molecule has 0 atom stereocenters. The molecule has 0 aliphatic carbocycles. The Morgan fingerprint density at radius 3 is 2.47 bits per heavy atom. The van der Waals surface area contributed by atoms with Crippen LogP contribution in [0.25, 0.3) is 11.3 Å². The van der Waals surface area contributed by atoms with E-state index in [2.05, 4.69) is 17.1 Å². The molecule has 0 saturated carbocycles. The van der Waals surface area contributed by atoms with Gasteiger partial charge >= 0.3 is 0 Å². The van der Waals surface area contributed by atoms with Gasteiger partial charge in [-0.15, -0.1) is 0 Å². The summed E-state index contributed by atoms with van der Waals surface area (Å²) in [6.45, 7) is 2.52. The van der Waals surface area contributed by atoms with Crippen molar-refractivity contribution in [2.75, 3.05) is 0 Å². The van der Waals surface area contributed by atoms with Crippen LogP contribution < -0.4 is 5.73 Å². The summed E-state index contributed by atoms with van der Waals surface area (Å²) in [5.74, 6) is 0. The highest BCUT2D eigenvalue weighted by Gasteiger charge is 2.04. The number of benzene rings is 1. The molecule has 2 rings (SSSR count). The highest BCUT2D eigenvalue weighted by Crippen LogP contribution is 2.21. The van der Waals surface area contributed by atoms with E-state index in [1.54, 1.807) is 0 Å². The van der Waals surface area contributed by atoms with E-state index >= 15 is 0 Å². The number of hydrogen-bond acceptors (Lipinski definition) is 2. The summed E-state index contributed by atoms with van der Waals surface area (Å²) >= 11 is 0. The van der Waals surface area contributed by atoms with Gasteiger partial charge in [0.1, 0.15) is 0 Å². The molecule has 2 nitrogen and oxygen atoms in total. The van der Waals surface area contributed by atoms with Crippen molar-refractivity contribution in [2.24, 2.45) is 5.73 Å². The normalized spacial score (nSPS) is 10.3. The van der Waals surface area contributed by atoms with Gasteiger partial charge in [0.2, 0.25) is 0 Å². The van der Waals surface area contributed by atoms with Crippen LogP contribution in [0.1, 0.15) is 11.3 Å². The molecule has 1 heterocycles. The van der Waals surface area contributed by atoms with Gasteiger partial charge in [0.05, 0.1) is 5.69 Å². The fraction of sp³-hybridized carbons (Fsp3) is 0.154. The van der Waals surface area contributed by atoms with Crippen molar-refractivity contribution in [2.45, 2.75) is 13.5 Å². The summed E-state index contributed by atoms with van der Waals surface area (Å²) in [6.07, 6.45) is 0. The maximum atomic E-state index is 5.70. The molecular weight excluding hydrogens is 184 g/mol. The first kappa shape index (κ1) is 9.87. The molecule has 1 aromatic heterocycles. The van der Waals surface area contributed by atoms with E-state index in [1.807, 2.05) is 37.3 Å². The zero-order chi connectivity index (χ0) is 10.7. The first-order valence-corrected chi connectivity index (χ1v) is 5.03. The zero-order valence-corrected chi connectivity index (χ0v) is 8.77. The molecule has 0 spiro atoms. The van der Waals surface area contributed by atoms with E-state index in [0.717, 1.165) is 22.5 Å². The van der Waals surface area contributed by atoms with Crippen molar-refractivity contribution in [3.8, 4) is 11.3 Å². The minimum Gasteiger partial charge on any atom is -0.326 e. The Bertz CT molecular complexity index is 449. The van der Waals surface area contributed by atoms with Crippen molar-refractivity contribution in [1.29, 1.82) is 0 Å². The lowest BCUT2D eigenvalue weighted by atomic mass is 10.1. The average Bonchev–Trinajstić information content (AvgIpc) is 2.30. The minimum absolute atomic E-state index is 0.525. The second-order valence-electron chi connectivity index (χ2n) is 3.53. The molecule has 76 valence electrons. The summed E-state index contributed by atoms with van der Waals surface area (Å²) in [6, 6.07) is 14.2. The Hall–Kier alpha value is -1.67. The van der Waals surface area contributed by atoms with Crippen LogP contribution in [0.5, 0.6) is 0 Å². The maximum Gasteiger partial charge on any atom is 0.0749 e. The molecule has 1 aromatic carbocycles. The molecule has 2 aromatic rings. The van der Waals surface area contributed by atoms with E-state index in [-0.39, 0.29) is 0 Å². The van der Waals surface area contributed by atoms with Gasteiger partial charge in [-0.1, -0.05) is 36.4 Å². The van der Waals surface area contributed by atoms with E-state index in [9.17, 15) is 0 Å². The van der Waals surface area contributed by atoms with Crippen LogP contribution in [0.3, 0.4) is 0 Å². The third kappa shape index (κ3) is 2.05. The van der Waals surface area contributed by atoms with E-state index in [4.69, 9.17) is 5.73 Å². The van der Waals surface area contributed by atoms with Crippen LogP contribution in [0.15, 0.2) is 42.5 Å². The van der Waals surface area contributed by atoms with Crippen LogP contribution in [-0.4, -0.2) is 4.98 Å². The molecule has 0 fully saturated rings. The molecule has 2 heteroatoms. The van der Waals surface area contributed by atoms with Gasteiger partial charge in [-0.2, -0.15) is 0 Å². The molecule has 0 saturated heterocycles. The van der Waals surface area contributed by atoms with Gasteiger partial charge in [-0.05, 0) is 18.6 Å². The Morgan fingerprint density at radius 1 is 1.07 bits per heavy atom. The summed E-state index contributed by atoms with van der Waals surface area (Å²) in [5, 5.41) is 0. The van der Waals surface area contributed by atoms with Crippen molar-refractivity contribution in [1.82, 2.24) is 4.98 Å².